The van der Waals surface area contributed by atoms with Gasteiger partial charge in [-0.15, -0.1) is 0 Å². The predicted molar refractivity (Wildman–Crippen MR) is 70.3 cm³/mol. The number of nitrogen functional groups attached to an aromatic ring is 1. The highest BCUT2D eigenvalue weighted by Gasteiger charge is 2.20. The van der Waals surface area contributed by atoms with Gasteiger partial charge >= 0.3 is 0 Å². The maximum absolute atomic E-state index is 12.1. The summed E-state index contributed by atoms with van der Waals surface area (Å²) in [7, 11) is -3.53. The normalized spacial score (nSPS) is 11.5. The second-order valence-electron chi connectivity index (χ2n) is 4.21. The van der Waals surface area contributed by atoms with Gasteiger partial charge in [0.25, 0.3) is 0 Å². The summed E-state index contributed by atoms with van der Waals surface area (Å²) >= 11 is 0. The molecule has 0 aliphatic heterocycles. The number of nitrogens with one attached hydrogen (secondary N) is 1. The van der Waals surface area contributed by atoms with Crippen molar-refractivity contribution in [2.75, 3.05) is 12.3 Å². The largest absolute Gasteiger partial charge is 0.398 e. The Bertz CT molecular complexity index is 548. The number of sulfonamides is 1. The van der Waals surface area contributed by atoms with E-state index in [0.717, 1.165) is 5.57 Å². The van der Waals surface area contributed by atoms with Gasteiger partial charge in [0.05, 0.1) is 4.90 Å². The first-order chi connectivity index (χ1) is 7.75. The maximum atomic E-state index is 12.1. The molecule has 1 aromatic rings. The lowest BCUT2D eigenvalue weighted by atomic mass is 10.1. The van der Waals surface area contributed by atoms with Crippen molar-refractivity contribution in [3.05, 3.63) is 35.4 Å². The van der Waals surface area contributed by atoms with Crippen molar-refractivity contribution in [3.8, 4) is 0 Å². The van der Waals surface area contributed by atoms with Crippen molar-refractivity contribution in [2.24, 2.45) is 0 Å². The number of nitrogens with two attached hydrogens (primary N) is 1. The van der Waals surface area contributed by atoms with E-state index in [1.165, 1.54) is 0 Å². The monoisotopic (exact) mass is 254 g/mol. The molecule has 0 aromatic heterocycles. The summed E-state index contributed by atoms with van der Waals surface area (Å²) in [6.45, 7) is 9.12. The number of benzene rings is 1. The van der Waals surface area contributed by atoms with Crippen LogP contribution in [-0.4, -0.2) is 15.0 Å². The molecular weight excluding hydrogens is 236 g/mol. The predicted octanol–water partition coefficient (Wildman–Crippen LogP) is 1.74. The fraction of sp³-hybridized carbons (Fsp3) is 0.333. The molecule has 0 aliphatic carbocycles. The van der Waals surface area contributed by atoms with E-state index >= 15 is 0 Å². The summed E-state index contributed by atoms with van der Waals surface area (Å²) in [5.41, 5.74) is 8.24. The molecule has 1 aromatic carbocycles. The standard InChI is InChI=1S/C12H18N2O2S/c1-8(2)7-14-17(15,16)12-9(3)5-6-11(13)10(12)4/h5-6,14H,1,7,13H2,2-4H3. The Morgan fingerprint density at radius 3 is 2.53 bits per heavy atom. The lowest BCUT2D eigenvalue weighted by Crippen LogP contribution is -2.26. The van der Waals surface area contributed by atoms with Crippen molar-refractivity contribution in [1.82, 2.24) is 4.72 Å². The molecule has 0 unspecified atom stereocenters. The van der Waals surface area contributed by atoms with Gasteiger partial charge in [0.1, 0.15) is 0 Å². The highest BCUT2D eigenvalue weighted by Crippen LogP contribution is 2.24. The van der Waals surface area contributed by atoms with Crippen molar-refractivity contribution in [1.29, 1.82) is 0 Å². The van der Waals surface area contributed by atoms with E-state index in [-0.39, 0.29) is 11.4 Å². The molecule has 0 radical (unpaired) electrons. The maximum Gasteiger partial charge on any atom is 0.241 e. The molecule has 0 fully saturated rings. The minimum Gasteiger partial charge on any atom is -0.398 e. The fourth-order valence-corrected chi connectivity index (χ4v) is 3.14. The fourth-order valence-electron chi connectivity index (χ4n) is 1.55. The van der Waals surface area contributed by atoms with E-state index in [1.807, 2.05) is 0 Å². The number of anilines is 1. The summed E-state index contributed by atoms with van der Waals surface area (Å²) in [6.07, 6.45) is 0. The zero-order chi connectivity index (χ0) is 13.2. The average molecular weight is 254 g/mol. The van der Waals surface area contributed by atoms with Crippen molar-refractivity contribution >= 4 is 15.7 Å². The van der Waals surface area contributed by atoms with Gasteiger partial charge < -0.3 is 5.73 Å². The van der Waals surface area contributed by atoms with Crippen LogP contribution in [0.3, 0.4) is 0 Å². The minimum absolute atomic E-state index is 0.232. The molecule has 4 nitrogen and oxygen atoms in total. The van der Waals surface area contributed by atoms with Crippen LogP contribution in [0, 0.1) is 13.8 Å². The van der Waals surface area contributed by atoms with Crippen LogP contribution in [0.1, 0.15) is 18.1 Å². The summed E-state index contributed by atoms with van der Waals surface area (Å²) in [5, 5.41) is 0. The van der Waals surface area contributed by atoms with Crippen LogP contribution in [-0.2, 0) is 10.0 Å². The molecular formula is C12H18N2O2S. The van der Waals surface area contributed by atoms with Crippen LogP contribution >= 0.6 is 0 Å². The Hall–Kier alpha value is -1.33. The summed E-state index contributed by atoms with van der Waals surface area (Å²) in [6, 6.07) is 3.42. The quantitative estimate of drug-likeness (QED) is 0.635. The first kappa shape index (κ1) is 13.7. The molecule has 94 valence electrons. The Kier molecular flexibility index (Phi) is 3.95. The highest BCUT2D eigenvalue weighted by molar-refractivity contribution is 7.89. The first-order valence-electron chi connectivity index (χ1n) is 5.25. The van der Waals surface area contributed by atoms with Gasteiger partial charge in [-0.1, -0.05) is 18.2 Å². The van der Waals surface area contributed by atoms with Crippen LogP contribution in [0.5, 0.6) is 0 Å². The molecule has 17 heavy (non-hydrogen) atoms. The lowest BCUT2D eigenvalue weighted by molar-refractivity contribution is 0.583. The number of rotatable bonds is 4. The van der Waals surface area contributed by atoms with Gasteiger partial charge in [0.2, 0.25) is 10.0 Å². The van der Waals surface area contributed by atoms with E-state index < -0.39 is 10.0 Å². The smallest absolute Gasteiger partial charge is 0.241 e. The van der Waals surface area contributed by atoms with Gasteiger partial charge in [0, 0.05) is 12.2 Å². The van der Waals surface area contributed by atoms with Crippen molar-refractivity contribution in [3.63, 3.8) is 0 Å². The zero-order valence-electron chi connectivity index (χ0n) is 10.4. The number of aryl methyl sites for hydroxylation is 1. The van der Waals surface area contributed by atoms with Crippen LogP contribution in [0.25, 0.3) is 0 Å². The van der Waals surface area contributed by atoms with E-state index in [0.29, 0.717) is 16.8 Å². The van der Waals surface area contributed by atoms with Crippen molar-refractivity contribution in [2.45, 2.75) is 25.7 Å². The molecule has 3 N–H and O–H groups in total. The lowest BCUT2D eigenvalue weighted by Gasteiger charge is -2.13. The summed E-state index contributed by atoms with van der Waals surface area (Å²) in [5.74, 6) is 0. The van der Waals surface area contributed by atoms with E-state index in [1.54, 1.807) is 32.9 Å². The summed E-state index contributed by atoms with van der Waals surface area (Å²) in [4.78, 5) is 0.263. The topological polar surface area (TPSA) is 72.2 Å². The number of hydrogen-bond donors (Lipinski definition) is 2. The molecule has 0 aliphatic rings. The van der Waals surface area contributed by atoms with Gasteiger partial charge in [-0.2, -0.15) is 0 Å². The van der Waals surface area contributed by atoms with Crippen LogP contribution in [0.15, 0.2) is 29.2 Å². The van der Waals surface area contributed by atoms with Gasteiger partial charge in [-0.05, 0) is 38.0 Å². The Labute approximate surface area is 103 Å². The molecule has 5 heteroatoms. The average Bonchev–Trinajstić information content (AvgIpc) is 2.21. The van der Waals surface area contributed by atoms with Crippen LogP contribution < -0.4 is 10.5 Å². The summed E-state index contributed by atoms with van der Waals surface area (Å²) < 4.78 is 26.7. The molecule has 1 rings (SSSR count). The molecule has 0 saturated heterocycles. The second kappa shape index (κ2) is 4.89. The highest BCUT2D eigenvalue weighted by atomic mass is 32.2. The van der Waals surface area contributed by atoms with Crippen molar-refractivity contribution < 1.29 is 8.42 Å². The SMILES string of the molecule is C=C(C)CNS(=O)(=O)c1c(C)ccc(N)c1C. The Morgan fingerprint density at radius 2 is 2.00 bits per heavy atom. The van der Waals surface area contributed by atoms with E-state index in [2.05, 4.69) is 11.3 Å². The van der Waals surface area contributed by atoms with Crippen LogP contribution in [0.2, 0.25) is 0 Å². The number of hydrogen-bond acceptors (Lipinski definition) is 3. The van der Waals surface area contributed by atoms with Crippen LogP contribution in [0.4, 0.5) is 5.69 Å². The molecule has 0 spiro atoms. The van der Waals surface area contributed by atoms with E-state index in [4.69, 9.17) is 5.73 Å². The zero-order valence-corrected chi connectivity index (χ0v) is 11.2. The Balaban J connectivity index is 3.24. The molecule has 0 heterocycles. The third kappa shape index (κ3) is 3.08. The second-order valence-corrected chi connectivity index (χ2v) is 5.91. The molecule has 0 saturated carbocycles. The Morgan fingerprint density at radius 1 is 1.41 bits per heavy atom. The van der Waals surface area contributed by atoms with Gasteiger partial charge in [-0.3, -0.25) is 0 Å². The third-order valence-electron chi connectivity index (χ3n) is 2.48. The molecule has 0 atom stereocenters. The van der Waals surface area contributed by atoms with Gasteiger partial charge in [-0.25, -0.2) is 13.1 Å². The minimum atomic E-state index is -3.53. The molecule has 0 amide bonds. The first-order valence-corrected chi connectivity index (χ1v) is 6.73. The van der Waals surface area contributed by atoms with E-state index in [9.17, 15) is 8.42 Å². The third-order valence-corrected chi connectivity index (χ3v) is 4.17. The molecule has 0 bridgehead atoms. The van der Waals surface area contributed by atoms with Gasteiger partial charge in [0.15, 0.2) is 0 Å².